The molecule has 1 aromatic carbocycles. The number of ether oxygens (including phenoxy) is 1. The van der Waals surface area contributed by atoms with Crippen molar-refractivity contribution in [2.24, 2.45) is 5.92 Å². The number of carbonyl (C=O) groups is 1. The number of amides is 1. The second kappa shape index (κ2) is 5.92. The molecule has 1 heterocycles. The van der Waals surface area contributed by atoms with Crippen LogP contribution >= 0.6 is 0 Å². The highest BCUT2D eigenvalue weighted by molar-refractivity contribution is 5.69. The molecule has 1 aliphatic carbocycles. The summed E-state index contributed by atoms with van der Waals surface area (Å²) in [5.74, 6) is 0.557. The third-order valence-corrected chi connectivity index (χ3v) is 4.58. The largest absolute Gasteiger partial charge is 0.444 e. The van der Waals surface area contributed by atoms with E-state index in [0.29, 0.717) is 18.0 Å². The molecule has 3 rings (SSSR count). The Hall–Kier alpha value is -1.55. The number of piperidine rings is 1. The van der Waals surface area contributed by atoms with E-state index in [1.165, 1.54) is 5.56 Å². The van der Waals surface area contributed by atoms with Gasteiger partial charge in [-0.1, -0.05) is 30.3 Å². The van der Waals surface area contributed by atoms with Gasteiger partial charge in [0, 0.05) is 25.2 Å². The maximum atomic E-state index is 12.2. The number of nitrogens with one attached hydrogen (secondary N) is 1. The first-order valence-electron chi connectivity index (χ1n) is 8.19. The van der Waals surface area contributed by atoms with Crippen LogP contribution in [0.4, 0.5) is 4.79 Å². The molecule has 1 saturated carbocycles. The van der Waals surface area contributed by atoms with Crippen LogP contribution in [0.3, 0.4) is 0 Å². The van der Waals surface area contributed by atoms with Crippen molar-refractivity contribution >= 4 is 6.09 Å². The van der Waals surface area contributed by atoms with Gasteiger partial charge in [-0.15, -0.1) is 0 Å². The summed E-state index contributed by atoms with van der Waals surface area (Å²) in [5.41, 5.74) is 0.901. The highest BCUT2D eigenvalue weighted by Crippen LogP contribution is 2.38. The van der Waals surface area contributed by atoms with Gasteiger partial charge in [-0.05, 0) is 45.1 Å². The Labute approximate surface area is 132 Å². The molecule has 4 nitrogen and oxygen atoms in total. The summed E-state index contributed by atoms with van der Waals surface area (Å²) in [5, 5.41) is 3.66. The highest BCUT2D eigenvalue weighted by atomic mass is 16.6. The minimum absolute atomic E-state index is 0.151. The van der Waals surface area contributed by atoms with E-state index in [4.69, 9.17) is 4.74 Å². The fourth-order valence-corrected chi connectivity index (χ4v) is 3.59. The Balaban J connectivity index is 1.50. The lowest BCUT2D eigenvalue weighted by molar-refractivity contribution is 0.0174. The number of rotatable bonds is 3. The van der Waals surface area contributed by atoms with Crippen LogP contribution in [0, 0.1) is 5.92 Å². The lowest BCUT2D eigenvalue weighted by atomic mass is 10.0. The number of fused-ring (bicyclic) bond motifs is 2. The third kappa shape index (κ3) is 3.43. The topological polar surface area (TPSA) is 41.6 Å². The minimum Gasteiger partial charge on any atom is -0.444 e. The number of benzene rings is 1. The molecule has 22 heavy (non-hydrogen) atoms. The summed E-state index contributed by atoms with van der Waals surface area (Å²) >= 11 is 0. The first-order chi connectivity index (χ1) is 10.4. The average Bonchev–Trinajstić information content (AvgIpc) is 3.04. The predicted octanol–water partition coefficient (Wildman–Crippen LogP) is 3.17. The molecular formula is C18H26N2O2. The number of carbonyl (C=O) groups excluding carboxylic acids is 1. The zero-order valence-corrected chi connectivity index (χ0v) is 13.7. The number of hydrogen-bond donors (Lipinski definition) is 1. The summed E-state index contributed by atoms with van der Waals surface area (Å²) < 4.78 is 5.51. The summed E-state index contributed by atoms with van der Waals surface area (Å²) in [6.45, 7) is 7.49. The molecule has 2 aliphatic rings. The van der Waals surface area contributed by atoms with Gasteiger partial charge in [0.25, 0.3) is 0 Å². The molecule has 1 N–H and O–H groups in total. The van der Waals surface area contributed by atoms with E-state index in [-0.39, 0.29) is 6.09 Å². The van der Waals surface area contributed by atoms with Gasteiger partial charge in [-0.25, -0.2) is 4.79 Å². The molecule has 4 heteroatoms. The second-order valence-electron chi connectivity index (χ2n) is 7.49. The summed E-state index contributed by atoms with van der Waals surface area (Å²) in [6.07, 6.45) is 1.99. The lowest BCUT2D eigenvalue weighted by Crippen LogP contribution is -2.47. The van der Waals surface area contributed by atoms with E-state index >= 15 is 0 Å². The normalized spacial score (nSPS) is 27.2. The second-order valence-corrected chi connectivity index (χ2v) is 7.49. The monoisotopic (exact) mass is 302 g/mol. The molecule has 2 fully saturated rings. The quantitative estimate of drug-likeness (QED) is 0.932. The van der Waals surface area contributed by atoms with Gasteiger partial charge >= 0.3 is 6.09 Å². The van der Waals surface area contributed by atoms with Gasteiger partial charge in [0.2, 0.25) is 0 Å². The Kier molecular flexibility index (Phi) is 4.13. The smallest absolute Gasteiger partial charge is 0.410 e. The molecule has 2 unspecified atom stereocenters. The van der Waals surface area contributed by atoms with Crippen molar-refractivity contribution in [2.75, 3.05) is 6.54 Å². The van der Waals surface area contributed by atoms with Crippen LogP contribution in [0.25, 0.3) is 0 Å². The van der Waals surface area contributed by atoms with E-state index in [0.717, 1.165) is 25.9 Å². The van der Waals surface area contributed by atoms with Crippen LogP contribution in [0.1, 0.15) is 39.2 Å². The molecule has 0 radical (unpaired) electrons. The van der Waals surface area contributed by atoms with Crippen molar-refractivity contribution in [1.29, 1.82) is 0 Å². The molecule has 0 aromatic heterocycles. The summed E-state index contributed by atoms with van der Waals surface area (Å²) in [4.78, 5) is 14.1. The summed E-state index contributed by atoms with van der Waals surface area (Å²) in [6, 6.07) is 11.3. The third-order valence-electron chi connectivity index (χ3n) is 4.58. The Morgan fingerprint density at radius 3 is 2.59 bits per heavy atom. The van der Waals surface area contributed by atoms with Crippen LogP contribution in [-0.4, -0.2) is 35.2 Å². The molecule has 120 valence electrons. The fourth-order valence-electron chi connectivity index (χ4n) is 3.59. The Morgan fingerprint density at radius 1 is 1.27 bits per heavy atom. The van der Waals surface area contributed by atoms with Crippen LogP contribution in [0.15, 0.2) is 30.3 Å². The lowest BCUT2D eigenvalue weighted by Gasteiger charge is -2.33. The first kappa shape index (κ1) is 15.3. The zero-order chi connectivity index (χ0) is 15.7. The minimum atomic E-state index is -0.413. The molecule has 3 atom stereocenters. The van der Waals surface area contributed by atoms with Gasteiger partial charge in [0.15, 0.2) is 0 Å². The fraction of sp³-hybridized carbons (Fsp3) is 0.611. The van der Waals surface area contributed by atoms with Gasteiger partial charge < -0.3 is 15.0 Å². The zero-order valence-electron chi connectivity index (χ0n) is 13.7. The number of nitrogens with zero attached hydrogens (tertiary/aromatic N) is 1. The molecule has 1 saturated heterocycles. The molecule has 1 aliphatic heterocycles. The van der Waals surface area contributed by atoms with Gasteiger partial charge in [0.05, 0.1) is 0 Å². The van der Waals surface area contributed by atoms with Crippen molar-refractivity contribution in [3.8, 4) is 0 Å². The molecule has 0 spiro atoms. The average molecular weight is 302 g/mol. The van der Waals surface area contributed by atoms with E-state index in [1.54, 1.807) is 0 Å². The van der Waals surface area contributed by atoms with E-state index < -0.39 is 5.60 Å². The van der Waals surface area contributed by atoms with Crippen molar-refractivity contribution in [1.82, 2.24) is 10.2 Å². The van der Waals surface area contributed by atoms with Crippen molar-refractivity contribution in [3.63, 3.8) is 0 Å². The van der Waals surface area contributed by atoms with E-state index in [1.807, 2.05) is 31.7 Å². The van der Waals surface area contributed by atoms with Crippen LogP contribution < -0.4 is 5.32 Å². The standard InChI is InChI=1S/C18H26N2O2/c1-18(2,3)22-17(21)20-12-14-9-15(20)10-16(14)19-11-13-7-5-4-6-8-13/h4-8,14-16,19H,9-12H2,1-3H3/t14?,15?,16-/m1/s1. The van der Waals surface area contributed by atoms with Crippen molar-refractivity contribution < 1.29 is 9.53 Å². The maximum absolute atomic E-state index is 12.2. The van der Waals surface area contributed by atoms with Gasteiger partial charge in [0.1, 0.15) is 5.60 Å². The van der Waals surface area contributed by atoms with E-state index in [2.05, 4.69) is 29.6 Å². The number of likely N-dealkylation sites (tertiary alicyclic amines) is 1. The van der Waals surface area contributed by atoms with Crippen molar-refractivity contribution in [3.05, 3.63) is 35.9 Å². The van der Waals surface area contributed by atoms with Crippen LogP contribution in [-0.2, 0) is 11.3 Å². The molecule has 2 bridgehead atoms. The van der Waals surface area contributed by atoms with Crippen LogP contribution in [0.2, 0.25) is 0 Å². The van der Waals surface area contributed by atoms with Gasteiger partial charge in [-0.3, -0.25) is 0 Å². The molecule has 1 aromatic rings. The highest BCUT2D eigenvalue weighted by Gasteiger charge is 2.47. The summed E-state index contributed by atoms with van der Waals surface area (Å²) in [7, 11) is 0. The van der Waals surface area contributed by atoms with Crippen molar-refractivity contribution in [2.45, 2.75) is 57.8 Å². The molecule has 1 amide bonds. The van der Waals surface area contributed by atoms with Crippen LogP contribution in [0.5, 0.6) is 0 Å². The SMILES string of the molecule is CC(C)(C)OC(=O)N1CC2CC1C[C@H]2NCc1ccccc1. The Morgan fingerprint density at radius 2 is 2.00 bits per heavy atom. The number of hydrogen-bond acceptors (Lipinski definition) is 3. The molecular weight excluding hydrogens is 276 g/mol. The van der Waals surface area contributed by atoms with Gasteiger partial charge in [-0.2, -0.15) is 0 Å². The van der Waals surface area contributed by atoms with E-state index in [9.17, 15) is 4.79 Å². The first-order valence-corrected chi connectivity index (χ1v) is 8.19. The Bertz CT molecular complexity index is 524. The maximum Gasteiger partial charge on any atom is 0.410 e. The predicted molar refractivity (Wildman–Crippen MR) is 86.5 cm³/mol.